The van der Waals surface area contributed by atoms with Crippen LogP contribution in [0.5, 0.6) is 0 Å². The average Bonchev–Trinajstić information content (AvgIpc) is 2.73. The van der Waals surface area contributed by atoms with Gasteiger partial charge in [0.1, 0.15) is 9.76 Å². The van der Waals surface area contributed by atoms with Crippen LogP contribution in [0, 0.1) is 0 Å². The first-order chi connectivity index (χ1) is 15.7. The fourth-order valence-corrected chi connectivity index (χ4v) is 13.9. The second kappa shape index (κ2) is 22.1. The van der Waals surface area contributed by atoms with E-state index in [0.29, 0.717) is 0 Å². The molecule has 0 radical (unpaired) electrons. The Morgan fingerprint density at radius 1 is 0.515 bits per heavy atom. The molecule has 0 aromatic carbocycles. The Balaban J connectivity index is 3.52. The van der Waals surface area contributed by atoms with E-state index in [4.69, 9.17) is 4.12 Å². The van der Waals surface area contributed by atoms with Crippen LogP contribution in [0.2, 0.25) is 69.5 Å². The Morgan fingerprint density at radius 2 is 0.848 bits per heavy atom. The second-order valence-corrected chi connectivity index (χ2v) is 28.1. The summed E-state index contributed by atoms with van der Waals surface area (Å²) in [5.41, 5.74) is 0. The first kappa shape index (κ1) is 33.8. The lowest BCUT2D eigenvalue weighted by molar-refractivity contribution is 0.571. The van der Waals surface area contributed by atoms with Crippen LogP contribution in [0.4, 0.5) is 0 Å². The summed E-state index contributed by atoms with van der Waals surface area (Å²) in [5.74, 6) is 0. The van der Waals surface area contributed by atoms with Crippen LogP contribution in [0.25, 0.3) is 0 Å². The van der Waals surface area contributed by atoms with Gasteiger partial charge >= 0.3 is 0 Å². The number of rotatable bonds is 25. The summed E-state index contributed by atoms with van der Waals surface area (Å²) in [7, 11) is -2.76. The van der Waals surface area contributed by atoms with E-state index in [2.05, 4.69) is 46.2 Å². The highest BCUT2D eigenvalue weighted by Gasteiger charge is 2.20. The van der Waals surface area contributed by atoms with Gasteiger partial charge in [-0.3, -0.25) is 0 Å². The number of hydrogen-bond donors (Lipinski definition) is 0. The summed E-state index contributed by atoms with van der Waals surface area (Å²) in [4.78, 5) is 0. The van der Waals surface area contributed by atoms with Gasteiger partial charge in [0.15, 0.2) is 9.04 Å². The van der Waals surface area contributed by atoms with E-state index in [-0.39, 0.29) is 9.76 Å². The summed E-state index contributed by atoms with van der Waals surface area (Å²) in [6, 6.07) is 7.70. The smallest absolute Gasteiger partial charge is 0.156 e. The summed E-state index contributed by atoms with van der Waals surface area (Å²) in [6.45, 7) is 17.5. The molecule has 0 N–H and O–H groups in total. The summed E-state index contributed by atoms with van der Waals surface area (Å²) < 4.78 is 5.97. The molecule has 33 heavy (non-hydrogen) atoms. The van der Waals surface area contributed by atoms with Crippen molar-refractivity contribution in [2.45, 2.75) is 179 Å². The first-order valence-electron chi connectivity index (χ1n) is 15.3. The molecule has 0 aliphatic carbocycles. The highest BCUT2D eigenvalue weighted by molar-refractivity contribution is 6.77. The van der Waals surface area contributed by atoms with Crippen LogP contribution in [0.15, 0.2) is 0 Å². The molecule has 0 bridgehead atoms. The molecule has 0 aromatic rings. The van der Waals surface area contributed by atoms with Crippen molar-refractivity contribution < 1.29 is 4.12 Å². The maximum Gasteiger partial charge on any atom is 0.156 e. The quantitative estimate of drug-likeness (QED) is 0.0842. The van der Waals surface area contributed by atoms with Crippen molar-refractivity contribution in [2.24, 2.45) is 0 Å². The number of unbranched alkanes of at least 4 members (excludes halogenated alkanes) is 13. The van der Waals surface area contributed by atoms with E-state index in [0.717, 1.165) is 0 Å². The Labute approximate surface area is 217 Å². The third-order valence-corrected chi connectivity index (χ3v) is 18.8. The first-order valence-corrected chi connectivity index (χ1v) is 26.5. The van der Waals surface area contributed by atoms with Crippen molar-refractivity contribution in [1.29, 1.82) is 0 Å². The van der Waals surface area contributed by atoms with Gasteiger partial charge in [0.2, 0.25) is 0 Å². The molecule has 200 valence electrons. The molecule has 0 amide bonds. The molecule has 0 aromatic heterocycles. The zero-order valence-electron chi connectivity index (χ0n) is 24.5. The van der Waals surface area contributed by atoms with E-state index in [1.165, 1.54) is 109 Å². The molecule has 0 saturated heterocycles. The van der Waals surface area contributed by atoms with Crippen molar-refractivity contribution in [3.05, 3.63) is 0 Å². The molecule has 0 fully saturated rings. The van der Waals surface area contributed by atoms with E-state index in [1.54, 1.807) is 24.2 Å². The van der Waals surface area contributed by atoms with Crippen molar-refractivity contribution in [1.82, 2.24) is 0 Å². The van der Waals surface area contributed by atoms with E-state index >= 15 is 0 Å². The highest BCUT2D eigenvalue weighted by atomic mass is 28.3. The number of hydrogen-bond acceptors (Lipinski definition) is 1. The molecule has 0 rings (SSSR count). The molecule has 0 spiro atoms. The van der Waals surface area contributed by atoms with Gasteiger partial charge in [0.05, 0.1) is 0 Å². The Kier molecular flexibility index (Phi) is 22.6. The third-order valence-electron chi connectivity index (χ3n) is 7.61. The Hall–Kier alpha value is 0.828. The van der Waals surface area contributed by atoms with Crippen molar-refractivity contribution in [3.8, 4) is 0 Å². The molecule has 0 aliphatic heterocycles. The fourth-order valence-electron chi connectivity index (χ4n) is 5.10. The van der Waals surface area contributed by atoms with Crippen LogP contribution in [-0.4, -0.2) is 35.0 Å². The zero-order chi connectivity index (χ0) is 24.8. The van der Waals surface area contributed by atoms with Gasteiger partial charge < -0.3 is 4.12 Å². The molecule has 0 aliphatic rings. The monoisotopic (exact) mass is 530 g/mol. The van der Waals surface area contributed by atoms with Gasteiger partial charge in [-0.05, 0) is 19.1 Å². The highest BCUT2D eigenvalue weighted by Crippen LogP contribution is 2.25. The third kappa shape index (κ3) is 25.7. The van der Waals surface area contributed by atoms with Crippen LogP contribution < -0.4 is 0 Å². The predicted octanol–water partition coefficient (Wildman–Crippen LogP) is 10.2. The summed E-state index contributed by atoms with van der Waals surface area (Å²) >= 11 is 0. The van der Waals surface area contributed by atoms with Crippen LogP contribution >= 0.6 is 0 Å². The lowest BCUT2D eigenvalue weighted by atomic mass is 10.1. The maximum absolute atomic E-state index is 5.97. The summed E-state index contributed by atoms with van der Waals surface area (Å²) in [6.07, 6.45) is 23.7. The van der Waals surface area contributed by atoms with Gasteiger partial charge in [-0.15, -0.1) is 0 Å². The average molecular weight is 531 g/mol. The lowest BCUT2D eigenvalue weighted by Crippen LogP contribution is -2.25. The molecule has 0 atom stereocenters. The van der Waals surface area contributed by atoms with Gasteiger partial charge in [0.25, 0.3) is 0 Å². The molecule has 0 heterocycles. The molecule has 0 saturated carbocycles. The minimum atomic E-state index is -0.927. The van der Waals surface area contributed by atoms with Crippen LogP contribution in [0.1, 0.15) is 110 Å². The molecule has 5 heteroatoms. The summed E-state index contributed by atoms with van der Waals surface area (Å²) in [5, 5.41) is 0. The molecule has 1 nitrogen and oxygen atoms in total. The van der Waals surface area contributed by atoms with Crippen molar-refractivity contribution in [3.63, 3.8) is 0 Å². The maximum atomic E-state index is 5.97. The molecular weight excluding hydrogens is 465 g/mol. The van der Waals surface area contributed by atoms with Gasteiger partial charge in [-0.2, -0.15) is 0 Å². The van der Waals surface area contributed by atoms with E-state index in [1.807, 2.05) is 0 Å². The van der Waals surface area contributed by atoms with Crippen molar-refractivity contribution >= 4 is 35.0 Å². The SMILES string of the molecule is CCCCCCCCCCC[Si](C)(C)CCCCCCCC[Si](C)(C)CCC[SiH2]O[SiH](C)C. The van der Waals surface area contributed by atoms with Gasteiger partial charge in [-0.1, -0.05) is 160 Å². The topological polar surface area (TPSA) is 9.23 Å². The zero-order valence-corrected chi connectivity index (χ0v) is 29.1. The minimum absolute atomic E-state index is 0.177. The Bertz CT molecular complexity index is 413. The second-order valence-electron chi connectivity index (χ2n) is 12.9. The molecular formula is C28H66OSi4. The minimum Gasteiger partial charge on any atom is -0.463 e. The van der Waals surface area contributed by atoms with Crippen LogP contribution in [0.3, 0.4) is 0 Å². The standard InChI is InChI=1S/C28H66OSi4/c1-8-9-10-11-12-13-14-17-20-25-32(4,5)26-21-18-15-16-19-22-27-33(6,7)28-23-24-30-29-31(2)3/h31H,8-28,30H2,1-7H3. The largest absolute Gasteiger partial charge is 0.463 e. The fraction of sp³-hybridized carbons (Fsp3) is 1.00. The van der Waals surface area contributed by atoms with Crippen molar-refractivity contribution in [2.75, 3.05) is 0 Å². The lowest BCUT2D eigenvalue weighted by Gasteiger charge is -2.23. The normalized spacial score (nSPS) is 13.1. The Morgan fingerprint density at radius 3 is 1.21 bits per heavy atom. The predicted molar refractivity (Wildman–Crippen MR) is 167 cm³/mol. The van der Waals surface area contributed by atoms with Gasteiger partial charge in [-0.25, -0.2) is 0 Å². The molecule has 0 unspecified atom stereocenters. The van der Waals surface area contributed by atoms with E-state index < -0.39 is 25.2 Å². The van der Waals surface area contributed by atoms with E-state index in [9.17, 15) is 0 Å². The van der Waals surface area contributed by atoms with Gasteiger partial charge in [0, 0.05) is 16.1 Å². The van der Waals surface area contributed by atoms with Crippen LogP contribution in [-0.2, 0) is 4.12 Å².